The molecule has 6 nitrogen and oxygen atoms in total. The number of nitrogens with one attached hydrogen (secondary N) is 1. The standard InChI is InChI=1S/C14H23N3O3/c1-5-7-17-8-6-15-12(13(17)18)16-11(9-10(2)3)14(19)20-4/h6,8,10-11H,5,7,9H2,1-4H3,(H,15,16). The lowest BCUT2D eigenvalue weighted by Gasteiger charge is -2.18. The van der Waals surface area contributed by atoms with Crippen LogP contribution in [0.15, 0.2) is 17.2 Å². The molecule has 0 spiro atoms. The van der Waals surface area contributed by atoms with Crippen molar-refractivity contribution in [2.24, 2.45) is 5.92 Å². The molecule has 1 unspecified atom stereocenters. The van der Waals surface area contributed by atoms with E-state index in [9.17, 15) is 9.59 Å². The number of methoxy groups -OCH3 is 1. The van der Waals surface area contributed by atoms with Gasteiger partial charge in [0.25, 0.3) is 5.56 Å². The van der Waals surface area contributed by atoms with Crippen molar-refractivity contribution in [3.8, 4) is 0 Å². The van der Waals surface area contributed by atoms with Crippen LogP contribution in [0, 0.1) is 5.92 Å². The second-order valence-electron chi connectivity index (χ2n) is 5.12. The van der Waals surface area contributed by atoms with Crippen molar-refractivity contribution in [2.45, 2.75) is 46.2 Å². The van der Waals surface area contributed by atoms with E-state index >= 15 is 0 Å². The van der Waals surface area contributed by atoms with Crippen molar-refractivity contribution >= 4 is 11.8 Å². The summed E-state index contributed by atoms with van der Waals surface area (Å²) in [5.41, 5.74) is -0.216. The van der Waals surface area contributed by atoms with Gasteiger partial charge in [0.15, 0.2) is 5.82 Å². The van der Waals surface area contributed by atoms with Gasteiger partial charge in [-0.3, -0.25) is 4.79 Å². The summed E-state index contributed by atoms with van der Waals surface area (Å²) in [6.45, 7) is 6.63. The number of carbonyl (C=O) groups is 1. The fraction of sp³-hybridized carbons (Fsp3) is 0.643. The number of nitrogens with zero attached hydrogens (tertiary/aromatic N) is 2. The number of aromatic nitrogens is 2. The molecule has 0 aliphatic carbocycles. The van der Waals surface area contributed by atoms with Crippen molar-refractivity contribution in [3.63, 3.8) is 0 Å². The molecule has 0 fully saturated rings. The largest absolute Gasteiger partial charge is 0.467 e. The van der Waals surface area contributed by atoms with Gasteiger partial charge in [-0.05, 0) is 18.8 Å². The van der Waals surface area contributed by atoms with E-state index < -0.39 is 6.04 Å². The van der Waals surface area contributed by atoms with Crippen molar-refractivity contribution in [3.05, 3.63) is 22.7 Å². The van der Waals surface area contributed by atoms with E-state index in [1.54, 1.807) is 17.0 Å². The first-order valence-electron chi connectivity index (χ1n) is 6.89. The summed E-state index contributed by atoms with van der Waals surface area (Å²) in [6.07, 6.45) is 4.64. The zero-order valence-electron chi connectivity index (χ0n) is 12.5. The molecule has 1 heterocycles. The Bertz CT molecular complexity index is 497. The fourth-order valence-electron chi connectivity index (χ4n) is 1.96. The van der Waals surface area contributed by atoms with E-state index in [0.717, 1.165) is 6.42 Å². The highest BCUT2D eigenvalue weighted by Crippen LogP contribution is 2.10. The molecule has 1 N–H and O–H groups in total. The minimum Gasteiger partial charge on any atom is -0.467 e. The van der Waals surface area contributed by atoms with Gasteiger partial charge in [0.05, 0.1) is 7.11 Å². The molecular formula is C14H23N3O3. The third kappa shape index (κ3) is 4.36. The number of carbonyl (C=O) groups excluding carboxylic acids is 1. The first-order valence-corrected chi connectivity index (χ1v) is 6.89. The van der Waals surface area contributed by atoms with Gasteiger partial charge in [0.1, 0.15) is 6.04 Å². The zero-order chi connectivity index (χ0) is 15.1. The quantitative estimate of drug-likeness (QED) is 0.769. The minimum absolute atomic E-state index is 0.192. The van der Waals surface area contributed by atoms with Gasteiger partial charge in [-0.2, -0.15) is 0 Å². The normalized spacial score (nSPS) is 12.2. The Morgan fingerprint density at radius 2 is 2.20 bits per heavy atom. The van der Waals surface area contributed by atoms with Crippen molar-refractivity contribution < 1.29 is 9.53 Å². The first-order chi connectivity index (χ1) is 9.49. The lowest BCUT2D eigenvalue weighted by atomic mass is 10.0. The number of ether oxygens (including phenoxy) is 1. The van der Waals surface area contributed by atoms with Gasteiger partial charge in [0, 0.05) is 18.9 Å². The molecule has 0 radical (unpaired) electrons. The summed E-state index contributed by atoms with van der Waals surface area (Å²) in [4.78, 5) is 28.0. The Labute approximate surface area is 119 Å². The maximum absolute atomic E-state index is 12.2. The highest BCUT2D eigenvalue weighted by Gasteiger charge is 2.22. The van der Waals surface area contributed by atoms with Gasteiger partial charge < -0.3 is 14.6 Å². The molecule has 1 rings (SSSR count). The summed E-state index contributed by atoms with van der Waals surface area (Å²) in [5.74, 6) is 0.107. The molecule has 0 aromatic carbocycles. The number of aryl methyl sites for hydroxylation is 1. The van der Waals surface area contributed by atoms with Crippen LogP contribution < -0.4 is 10.9 Å². The van der Waals surface area contributed by atoms with Crippen molar-refractivity contribution in [2.75, 3.05) is 12.4 Å². The maximum Gasteiger partial charge on any atom is 0.328 e. The molecule has 0 bridgehead atoms. The van der Waals surface area contributed by atoms with E-state index in [4.69, 9.17) is 4.74 Å². The molecular weight excluding hydrogens is 258 g/mol. The van der Waals surface area contributed by atoms with Crippen LogP contribution >= 0.6 is 0 Å². The zero-order valence-corrected chi connectivity index (χ0v) is 12.5. The summed E-state index contributed by atoms with van der Waals surface area (Å²) >= 11 is 0. The minimum atomic E-state index is -0.558. The Hall–Kier alpha value is -1.85. The molecule has 1 aromatic rings. The van der Waals surface area contributed by atoms with E-state index in [2.05, 4.69) is 10.3 Å². The van der Waals surface area contributed by atoms with E-state index in [1.165, 1.54) is 7.11 Å². The Morgan fingerprint density at radius 1 is 1.50 bits per heavy atom. The average molecular weight is 281 g/mol. The highest BCUT2D eigenvalue weighted by molar-refractivity contribution is 5.78. The van der Waals surface area contributed by atoms with Crippen LogP contribution in [0.25, 0.3) is 0 Å². The predicted octanol–water partition coefficient (Wildman–Crippen LogP) is 1.65. The Balaban J connectivity index is 2.96. The topological polar surface area (TPSA) is 73.2 Å². The summed E-state index contributed by atoms with van der Waals surface area (Å²) < 4.78 is 6.35. The molecule has 6 heteroatoms. The number of anilines is 1. The van der Waals surface area contributed by atoms with Crippen LogP contribution in [0.1, 0.15) is 33.6 Å². The second kappa shape index (κ2) is 7.67. The lowest BCUT2D eigenvalue weighted by molar-refractivity contribution is -0.141. The van der Waals surface area contributed by atoms with E-state index in [0.29, 0.717) is 18.9 Å². The highest BCUT2D eigenvalue weighted by atomic mass is 16.5. The van der Waals surface area contributed by atoms with Crippen LogP contribution in [0.4, 0.5) is 5.82 Å². The SMILES string of the molecule is CCCn1ccnc(NC(CC(C)C)C(=O)OC)c1=O. The smallest absolute Gasteiger partial charge is 0.328 e. The van der Waals surface area contributed by atoms with Crippen LogP contribution in [0.5, 0.6) is 0 Å². The summed E-state index contributed by atoms with van der Waals surface area (Å²) in [5, 5.41) is 2.91. The van der Waals surface area contributed by atoms with Crippen LogP contribution in [0.3, 0.4) is 0 Å². The first kappa shape index (κ1) is 16.2. The third-order valence-corrected chi connectivity index (χ3v) is 2.88. The molecule has 112 valence electrons. The number of hydrogen-bond acceptors (Lipinski definition) is 5. The fourth-order valence-corrected chi connectivity index (χ4v) is 1.96. The molecule has 0 aliphatic rings. The molecule has 1 aromatic heterocycles. The molecule has 1 atom stereocenters. The van der Waals surface area contributed by atoms with Crippen LogP contribution in [-0.4, -0.2) is 28.7 Å². The van der Waals surface area contributed by atoms with E-state index in [1.807, 2.05) is 20.8 Å². The maximum atomic E-state index is 12.2. The summed E-state index contributed by atoms with van der Waals surface area (Å²) in [6, 6.07) is -0.558. The Kier molecular flexibility index (Phi) is 6.21. The van der Waals surface area contributed by atoms with Crippen LogP contribution in [0.2, 0.25) is 0 Å². The van der Waals surface area contributed by atoms with E-state index in [-0.39, 0.29) is 17.3 Å². The van der Waals surface area contributed by atoms with Gasteiger partial charge in [-0.1, -0.05) is 20.8 Å². The third-order valence-electron chi connectivity index (χ3n) is 2.88. The molecule has 0 aliphatic heterocycles. The Morgan fingerprint density at radius 3 is 2.75 bits per heavy atom. The second-order valence-corrected chi connectivity index (χ2v) is 5.12. The van der Waals surface area contributed by atoms with Crippen molar-refractivity contribution in [1.29, 1.82) is 0 Å². The molecule has 0 amide bonds. The lowest BCUT2D eigenvalue weighted by Crippen LogP contribution is -2.36. The van der Waals surface area contributed by atoms with Gasteiger partial charge in [-0.25, -0.2) is 9.78 Å². The average Bonchev–Trinajstić information content (AvgIpc) is 2.41. The predicted molar refractivity (Wildman–Crippen MR) is 77.7 cm³/mol. The summed E-state index contributed by atoms with van der Waals surface area (Å²) in [7, 11) is 1.34. The van der Waals surface area contributed by atoms with Gasteiger partial charge in [-0.15, -0.1) is 0 Å². The molecule has 0 saturated carbocycles. The number of hydrogen-bond donors (Lipinski definition) is 1. The number of rotatable bonds is 7. The number of esters is 1. The molecule has 0 saturated heterocycles. The van der Waals surface area contributed by atoms with Gasteiger partial charge in [0.2, 0.25) is 0 Å². The molecule has 20 heavy (non-hydrogen) atoms. The van der Waals surface area contributed by atoms with Gasteiger partial charge >= 0.3 is 5.97 Å². The monoisotopic (exact) mass is 281 g/mol. The van der Waals surface area contributed by atoms with Crippen LogP contribution in [-0.2, 0) is 16.1 Å². The van der Waals surface area contributed by atoms with Crippen molar-refractivity contribution in [1.82, 2.24) is 9.55 Å².